The monoisotopic (exact) mass is 288 g/mol. The van der Waals surface area contributed by atoms with Gasteiger partial charge in [0.25, 0.3) is 6.43 Å². The number of nitrogens with one attached hydrogen (secondary N) is 1. The molecule has 1 atom stereocenters. The molecule has 1 unspecified atom stereocenters. The minimum Gasteiger partial charge on any atom is -0.310 e. The fourth-order valence-electron chi connectivity index (χ4n) is 2.14. The van der Waals surface area contributed by atoms with Crippen LogP contribution in [0.25, 0.3) is 0 Å². The molecule has 1 aromatic rings. The first-order chi connectivity index (χ1) is 9.43. The third-order valence-electron chi connectivity index (χ3n) is 3.30. The number of nitrogens with zero attached hydrogens (tertiary/aromatic N) is 1. The molecule has 0 aliphatic rings. The number of aryl methyl sites for hydroxylation is 1. The van der Waals surface area contributed by atoms with E-state index >= 15 is 0 Å². The Kier molecular flexibility index (Phi) is 7.02. The number of alkyl halides is 2. The average Bonchev–Trinajstić information content (AvgIpc) is 2.37. The van der Waals surface area contributed by atoms with Gasteiger partial charge in [0.2, 0.25) is 0 Å². The molecule has 1 aromatic carbocycles. The van der Waals surface area contributed by atoms with Gasteiger partial charge >= 0.3 is 0 Å². The molecule has 1 N–H and O–H groups in total. The predicted octanol–water partition coefficient (Wildman–Crippen LogP) is 3.37. The summed E-state index contributed by atoms with van der Waals surface area (Å²) < 4.78 is 38.2. The Morgan fingerprint density at radius 3 is 2.55 bits per heavy atom. The number of hydrogen-bond acceptors (Lipinski definition) is 2. The molecule has 0 spiro atoms. The van der Waals surface area contributed by atoms with Crippen LogP contribution >= 0.6 is 0 Å². The van der Waals surface area contributed by atoms with E-state index in [2.05, 4.69) is 5.32 Å². The van der Waals surface area contributed by atoms with Crippen LogP contribution in [-0.4, -0.2) is 38.0 Å². The van der Waals surface area contributed by atoms with Gasteiger partial charge in [-0.3, -0.25) is 0 Å². The molecule has 0 radical (unpaired) electrons. The van der Waals surface area contributed by atoms with E-state index in [9.17, 15) is 13.2 Å². The molecular weight excluding hydrogens is 265 g/mol. The molecule has 0 fully saturated rings. The van der Waals surface area contributed by atoms with Crippen molar-refractivity contribution in [3.05, 3.63) is 35.1 Å². The van der Waals surface area contributed by atoms with Gasteiger partial charge in [-0.15, -0.1) is 0 Å². The Balaban J connectivity index is 2.66. The summed E-state index contributed by atoms with van der Waals surface area (Å²) in [6.07, 6.45) is -1.66. The lowest BCUT2D eigenvalue weighted by molar-refractivity contribution is 0.0985. The zero-order valence-corrected chi connectivity index (χ0v) is 12.3. The maximum atomic E-state index is 13.6. The van der Waals surface area contributed by atoms with Gasteiger partial charge in [-0.25, -0.2) is 13.2 Å². The van der Waals surface area contributed by atoms with Gasteiger partial charge in [0.05, 0.1) is 6.54 Å². The average molecular weight is 288 g/mol. The minimum atomic E-state index is -2.32. The van der Waals surface area contributed by atoms with Crippen molar-refractivity contribution in [3.8, 4) is 0 Å². The molecule has 0 bridgehead atoms. The number of rotatable bonds is 8. The smallest absolute Gasteiger partial charge is 0.251 e. The van der Waals surface area contributed by atoms with Crippen molar-refractivity contribution in [2.24, 2.45) is 0 Å². The number of hydrogen-bond donors (Lipinski definition) is 1. The van der Waals surface area contributed by atoms with Gasteiger partial charge < -0.3 is 10.2 Å². The van der Waals surface area contributed by atoms with Crippen LogP contribution in [0.1, 0.15) is 30.5 Å². The van der Waals surface area contributed by atoms with Crippen molar-refractivity contribution < 1.29 is 13.2 Å². The summed E-state index contributed by atoms with van der Waals surface area (Å²) in [5.74, 6) is -0.230. The molecule has 20 heavy (non-hydrogen) atoms. The molecule has 1 rings (SSSR count). The summed E-state index contributed by atoms with van der Waals surface area (Å²) in [6.45, 7) is 4.75. The Morgan fingerprint density at radius 2 is 2.00 bits per heavy atom. The van der Waals surface area contributed by atoms with E-state index in [1.54, 1.807) is 24.9 Å². The molecular formula is C15H23F3N2. The molecule has 0 amide bonds. The number of halogens is 3. The second kappa shape index (κ2) is 8.27. The van der Waals surface area contributed by atoms with E-state index in [-0.39, 0.29) is 18.4 Å². The quantitative estimate of drug-likeness (QED) is 0.789. The van der Waals surface area contributed by atoms with Gasteiger partial charge in [-0.1, -0.05) is 19.1 Å². The molecule has 114 valence electrons. The van der Waals surface area contributed by atoms with E-state index in [1.165, 1.54) is 6.07 Å². The minimum absolute atomic E-state index is 0.0183. The first-order valence-electron chi connectivity index (χ1n) is 6.90. The van der Waals surface area contributed by atoms with Crippen LogP contribution in [-0.2, 0) is 0 Å². The molecule has 0 aromatic heterocycles. The lowest BCUT2D eigenvalue weighted by Crippen LogP contribution is -2.30. The molecule has 0 aliphatic carbocycles. The summed E-state index contributed by atoms with van der Waals surface area (Å²) in [6, 6.07) is 5.14. The van der Waals surface area contributed by atoms with Gasteiger partial charge in [0.1, 0.15) is 5.82 Å². The van der Waals surface area contributed by atoms with Crippen LogP contribution in [0, 0.1) is 12.7 Å². The summed E-state index contributed by atoms with van der Waals surface area (Å²) in [7, 11) is 1.67. The summed E-state index contributed by atoms with van der Waals surface area (Å²) in [4.78, 5) is 1.60. The van der Waals surface area contributed by atoms with Gasteiger partial charge in [-0.05, 0) is 50.7 Å². The van der Waals surface area contributed by atoms with E-state index < -0.39 is 6.43 Å². The van der Waals surface area contributed by atoms with Crippen molar-refractivity contribution in [2.45, 2.75) is 32.7 Å². The second-order valence-electron chi connectivity index (χ2n) is 5.06. The third kappa shape index (κ3) is 5.51. The molecule has 0 saturated carbocycles. The van der Waals surface area contributed by atoms with Crippen molar-refractivity contribution >= 4 is 0 Å². The van der Waals surface area contributed by atoms with E-state index in [0.717, 1.165) is 12.1 Å². The van der Waals surface area contributed by atoms with Crippen LogP contribution in [0.2, 0.25) is 0 Å². The molecule has 2 nitrogen and oxygen atoms in total. The Labute approximate surface area is 119 Å². The first-order valence-corrected chi connectivity index (χ1v) is 6.90. The SMILES string of the molecule is CCNC(CCN(C)CC(F)F)c1ccc(C)c(F)c1. The Hall–Kier alpha value is -1.07. The van der Waals surface area contributed by atoms with E-state index in [4.69, 9.17) is 0 Å². The number of benzene rings is 1. The maximum Gasteiger partial charge on any atom is 0.251 e. The second-order valence-corrected chi connectivity index (χ2v) is 5.06. The lowest BCUT2D eigenvalue weighted by Gasteiger charge is -2.22. The fourth-order valence-corrected chi connectivity index (χ4v) is 2.14. The molecule has 5 heteroatoms. The van der Waals surface area contributed by atoms with Crippen molar-refractivity contribution in [3.63, 3.8) is 0 Å². The predicted molar refractivity (Wildman–Crippen MR) is 75.7 cm³/mol. The zero-order chi connectivity index (χ0) is 15.1. The molecule has 0 aliphatic heterocycles. The highest BCUT2D eigenvalue weighted by Crippen LogP contribution is 2.20. The lowest BCUT2D eigenvalue weighted by atomic mass is 10.0. The molecule has 0 heterocycles. The molecule has 0 saturated heterocycles. The van der Waals surface area contributed by atoms with Crippen LogP contribution in [0.15, 0.2) is 18.2 Å². The Bertz CT molecular complexity index is 410. The maximum absolute atomic E-state index is 13.6. The van der Waals surface area contributed by atoms with Crippen molar-refractivity contribution in [2.75, 3.05) is 26.7 Å². The van der Waals surface area contributed by atoms with Gasteiger partial charge in [-0.2, -0.15) is 0 Å². The highest BCUT2D eigenvalue weighted by molar-refractivity contribution is 5.25. The zero-order valence-electron chi connectivity index (χ0n) is 12.3. The standard InChI is InChI=1S/C15H23F3N2/c1-4-19-14(7-8-20(3)10-15(17)18)12-6-5-11(2)13(16)9-12/h5-6,9,14-15,19H,4,7-8,10H2,1-3H3. The summed E-state index contributed by atoms with van der Waals surface area (Å²) in [5, 5.41) is 3.27. The van der Waals surface area contributed by atoms with Crippen LogP contribution in [0.4, 0.5) is 13.2 Å². The highest BCUT2D eigenvalue weighted by atomic mass is 19.3. The third-order valence-corrected chi connectivity index (χ3v) is 3.30. The normalized spacial score (nSPS) is 13.2. The fraction of sp³-hybridized carbons (Fsp3) is 0.600. The van der Waals surface area contributed by atoms with E-state index in [1.807, 2.05) is 13.0 Å². The highest BCUT2D eigenvalue weighted by Gasteiger charge is 2.14. The van der Waals surface area contributed by atoms with Crippen LogP contribution in [0.3, 0.4) is 0 Å². The summed E-state index contributed by atoms with van der Waals surface area (Å²) in [5.41, 5.74) is 1.47. The largest absolute Gasteiger partial charge is 0.310 e. The first kappa shape index (κ1) is 17.0. The summed E-state index contributed by atoms with van der Waals surface area (Å²) >= 11 is 0. The topological polar surface area (TPSA) is 15.3 Å². The van der Waals surface area contributed by atoms with E-state index in [0.29, 0.717) is 18.5 Å². The van der Waals surface area contributed by atoms with Crippen LogP contribution in [0.5, 0.6) is 0 Å². The van der Waals surface area contributed by atoms with Gasteiger partial charge in [0.15, 0.2) is 0 Å². The van der Waals surface area contributed by atoms with Crippen LogP contribution < -0.4 is 5.32 Å². The Morgan fingerprint density at radius 1 is 1.30 bits per heavy atom. The van der Waals surface area contributed by atoms with Crippen molar-refractivity contribution in [1.29, 1.82) is 0 Å². The van der Waals surface area contributed by atoms with Gasteiger partial charge in [0, 0.05) is 6.04 Å². The van der Waals surface area contributed by atoms with Crippen molar-refractivity contribution in [1.82, 2.24) is 10.2 Å².